The molecule has 1 heterocycles. The molecule has 0 saturated heterocycles. The number of aromatic nitrogens is 1. The molecular weight excluding hydrogens is 257 g/mol. The number of halogens is 2. The van der Waals surface area contributed by atoms with Crippen LogP contribution in [0.3, 0.4) is 0 Å². The van der Waals surface area contributed by atoms with Crippen LogP contribution in [0, 0.1) is 6.92 Å². The molecule has 0 aliphatic carbocycles. The highest BCUT2D eigenvalue weighted by atomic mass is 35.5. The molecule has 2 nitrogen and oxygen atoms in total. The largest absolute Gasteiger partial charge is 0.486 e. The van der Waals surface area contributed by atoms with Gasteiger partial charge in [-0.1, -0.05) is 29.3 Å². The van der Waals surface area contributed by atoms with Gasteiger partial charge in [0, 0.05) is 16.8 Å². The van der Waals surface area contributed by atoms with E-state index in [2.05, 4.69) is 4.98 Å². The fourth-order valence-electron chi connectivity index (χ4n) is 1.42. The zero-order valence-corrected chi connectivity index (χ0v) is 10.8. The Morgan fingerprint density at radius 1 is 1.18 bits per heavy atom. The van der Waals surface area contributed by atoms with Crippen molar-refractivity contribution in [3.8, 4) is 5.75 Å². The van der Waals surface area contributed by atoms with E-state index in [0.29, 0.717) is 22.4 Å². The van der Waals surface area contributed by atoms with Crippen LogP contribution >= 0.6 is 23.2 Å². The van der Waals surface area contributed by atoms with Gasteiger partial charge >= 0.3 is 0 Å². The number of benzene rings is 1. The smallest absolute Gasteiger partial charge is 0.139 e. The van der Waals surface area contributed by atoms with Crippen LogP contribution in [-0.2, 0) is 6.61 Å². The minimum Gasteiger partial charge on any atom is -0.486 e. The Hall–Kier alpha value is -1.25. The Labute approximate surface area is 110 Å². The molecule has 4 heteroatoms. The lowest BCUT2D eigenvalue weighted by Gasteiger charge is -2.08. The Bertz CT molecular complexity index is 529. The second kappa shape index (κ2) is 5.39. The summed E-state index contributed by atoms with van der Waals surface area (Å²) in [5, 5.41) is 1.14. The quantitative estimate of drug-likeness (QED) is 0.829. The summed E-state index contributed by atoms with van der Waals surface area (Å²) in [6.45, 7) is 2.32. The van der Waals surface area contributed by atoms with Crippen LogP contribution in [0.2, 0.25) is 10.0 Å². The molecule has 0 amide bonds. The predicted molar refractivity (Wildman–Crippen MR) is 69.8 cm³/mol. The van der Waals surface area contributed by atoms with Gasteiger partial charge in [0.1, 0.15) is 12.4 Å². The maximum absolute atomic E-state index is 5.99. The molecule has 0 aliphatic heterocycles. The number of hydrogen-bond acceptors (Lipinski definition) is 2. The maximum atomic E-state index is 5.99. The number of hydrogen-bond donors (Lipinski definition) is 0. The molecule has 2 aromatic rings. The molecule has 0 atom stereocenters. The molecule has 2 rings (SSSR count). The van der Waals surface area contributed by atoms with Crippen molar-refractivity contribution in [2.75, 3.05) is 0 Å². The third-order valence-corrected chi connectivity index (χ3v) is 2.76. The van der Waals surface area contributed by atoms with Gasteiger partial charge < -0.3 is 4.74 Å². The standard InChI is InChI=1S/C13H11Cl2NO/c1-9-3-2-4-11(16-9)8-17-13-7-10(14)5-6-12(13)15/h2-7H,8H2,1H3. The van der Waals surface area contributed by atoms with Crippen molar-refractivity contribution in [2.45, 2.75) is 13.5 Å². The minimum atomic E-state index is 0.377. The Morgan fingerprint density at radius 3 is 2.76 bits per heavy atom. The summed E-state index contributed by atoms with van der Waals surface area (Å²) in [6.07, 6.45) is 0. The van der Waals surface area contributed by atoms with Crippen molar-refractivity contribution in [1.29, 1.82) is 0 Å². The maximum Gasteiger partial charge on any atom is 0.139 e. The summed E-state index contributed by atoms with van der Waals surface area (Å²) in [6, 6.07) is 10.9. The topological polar surface area (TPSA) is 22.1 Å². The van der Waals surface area contributed by atoms with Crippen molar-refractivity contribution < 1.29 is 4.74 Å². The summed E-state index contributed by atoms with van der Waals surface area (Å²) in [7, 11) is 0. The zero-order valence-electron chi connectivity index (χ0n) is 9.28. The van der Waals surface area contributed by atoms with Crippen LogP contribution in [0.4, 0.5) is 0 Å². The Kier molecular flexibility index (Phi) is 3.87. The minimum absolute atomic E-state index is 0.377. The van der Waals surface area contributed by atoms with E-state index in [-0.39, 0.29) is 0 Å². The molecule has 0 saturated carbocycles. The van der Waals surface area contributed by atoms with E-state index in [0.717, 1.165) is 11.4 Å². The van der Waals surface area contributed by atoms with Gasteiger partial charge in [0.25, 0.3) is 0 Å². The Balaban J connectivity index is 2.09. The third-order valence-electron chi connectivity index (χ3n) is 2.21. The highest BCUT2D eigenvalue weighted by Crippen LogP contribution is 2.28. The molecule has 0 N–H and O–H groups in total. The molecule has 0 spiro atoms. The predicted octanol–water partition coefficient (Wildman–Crippen LogP) is 4.28. The summed E-state index contributed by atoms with van der Waals surface area (Å²) in [4.78, 5) is 4.34. The van der Waals surface area contributed by atoms with E-state index in [1.807, 2.05) is 25.1 Å². The van der Waals surface area contributed by atoms with Gasteiger partial charge in [-0.3, -0.25) is 4.98 Å². The molecule has 0 aliphatic rings. The second-order valence-corrected chi connectivity index (χ2v) is 4.48. The van der Waals surface area contributed by atoms with Crippen LogP contribution in [0.25, 0.3) is 0 Å². The lowest BCUT2D eigenvalue weighted by molar-refractivity contribution is 0.301. The molecule has 0 radical (unpaired) electrons. The van der Waals surface area contributed by atoms with Crippen LogP contribution in [0.5, 0.6) is 5.75 Å². The Morgan fingerprint density at radius 2 is 2.00 bits per heavy atom. The van der Waals surface area contributed by atoms with E-state index in [1.165, 1.54) is 0 Å². The second-order valence-electron chi connectivity index (χ2n) is 3.63. The van der Waals surface area contributed by atoms with Crippen LogP contribution in [0.1, 0.15) is 11.4 Å². The van der Waals surface area contributed by atoms with Gasteiger partial charge in [-0.25, -0.2) is 0 Å². The fourth-order valence-corrected chi connectivity index (χ4v) is 1.75. The van der Waals surface area contributed by atoms with Gasteiger partial charge in [0.15, 0.2) is 0 Å². The highest BCUT2D eigenvalue weighted by molar-refractivity contribution is 6.34. The van der Waals surface area contributed by atoms with E-state index in [9.17, 15) is 0 Å². The first-order chi connectivity index (χ1) is 8.15. The molecule has 17 heavy (non-hydrogen) atoms. The highest BCUT2D eigenvalue weighted by Gasteiger charge is 2.03. The first-order valence-corrected chi connectivity index (χ1v) is 5.91. The van der Waals surface area contributed by atoms with Crippen LogP contribution in [-0.4, -0.2) is 4.98 Å². The van der Waals surface area contributed by atoms with Crippen molar-refractivity contribution in [2.24, 2.45) is 0 Å². The average molecular weight is 268 g/mol. The molecule has 1 aromatic heterocycles. The van der Waals surface area contributed by atoms with E-state index < -0.39 is 0 Å². The normalized spacial score (nSPS) is 10.3. The lowest BCUT2D eigenvalue weighted by atomic mass is 10.3. The van der Waals surface area contributed by atoms with Gasteiger partial charge in [0.05, 0.1) is 10.7 Å². The van der Waals surface area contributed by atoms with E-state index >= 15 is 0 Å². The molecule has 0 unspecified atom stereocenters. The molecule has 88 valence electrons. The number of aryl methyl sites for hydroxylation is 1. The van der Waals surface area contributed by atoms with Crippen molar-refractivity contribution in [3.05, 3.63) is 57.8 Å². The number of nitrogens with zero attached hydrogens (tertiary/aromatic N) is 1. The van der Waals surface area contributed by atoms with Gasteiger partial charge in [-0.2, -0.15) is 0 Å². The average Bonchev–Trinajstić information content (AvgIpc) is 2.30. The van der Waals surface area contributed by atoms with Crippen molar-refractivity contribution in [1.82, 2.24) is 4.98 Å². The van der Waals surface area contributed by atoms with Gasteiger partial charge in [-0.05, 0) is 31.2 Å². The van der Waals surface area contributed by atoms with Crippen molar-refractivity contribution >= 4 is 23.2 Å². The summed E-state index contributed by atoms with van der Waals surface area (Å²) in [5.74, 6) is 0.572. The van der Waals surface area contributed by atoms with Crippen LogP contribution < -0.4 is 4.74 Å². The molecule has 0 bridgehead atoms. The summed E-state index contributed by atoms with van der Waals surface area (Å²) >= 11 is 11.9. The monoisotopic (exact) mass is 267 g/mol. The van der Waals surface area contributed by atoms with Crippen LogP contribution in [0.15, 0.2) is 36.4 Å². The SMILES string of the molecule is Cc1cccc(COc2cc(Cl)ccc2Cl)n1. The first kappa shape index (κ1) is 12.2. The lowest BCUT2D eigenvalue weighted by Crippen LogP contribution is -1.99. The fraction of sp³-hybridized carbons (Fsp3) is 0.154. The number of ether oxygens (including phenoxy) is 1. The molecule has 1 aromatic carbocycles. The third kappa shape index (κ3) is 3.35. The van der Waals surface area contributed by atoms with Gasteiger partial charge in [-0.15, -0.1) is 0 Å². The van der Waals surface area contributed by atoms with E-state index in [4.69, 9.17) is 27.9 Å². The summed E-state index contributed by atoms with van der Waals surface area (Å²) in [5.41, 5.74) is 1.82. The van der Waals surface area contributed by atoms with Gasteiger partial charge in [0.2, 0.25) is 0 Å². The number of rotatable bonds is 3. The summed E-state index contributed by atoms with van der Waals surface area (Å²) < 4.78 is 5.58. The van der Waals surface area contributed by atoms with E-state index in [1.54, 1.807) is 18.2 Å². The number of pyridine rings is 1. The zero-order chi connectivity index (χ0) is 12.3. The molecule has 0 fully saturated rings. The van der Waals surface area contributed by atoms with Crippen molar-refractivity contribution in [3.63, 3.8) is 0 Å². The molecular formula is C13H11Cl2NO. The first-order valence-electron chi connectivity index (χ1n) is 5.15.